The summed E-state index contributed by atoms with van der Waals surface area (Å²) in [6.07, 6.45) is 0. The maximum atomic E-state index is 13.8. The Balaban J connectivity index is 2.37. The number of carbonyl (C=O) groups is 2. The average molecular weight is 285 g/mol. The van der Waals surface area contributed by atoms with Gasteiger partial charge in [0.05, 0.1) is 24.5 Å². The lowest BCUT2D eigenvalue weighted by molar-refractivity contribution is -0.127. The van der Waals surface area contributed by atoms with E-state index in [1.54, 1.807) is 0 Å². The second kappa shape index (κ2) is 5.41. The van der Waals surface area contributed by atoms with Crippen LogP contribution in [0.25, 0.3) is 0 Å². The van der Waals surface area contributed by atoms with Gasteiger partial charge in [0, 0.05) is 6.54 Å². The van der Waals surface area contributed by atoms with Crippen molar-refractivity contribution in [2.75, 3.05) is 25.5 Å². The highest BCUT2D eigenvalue weighted by atomic mass is 19.1. The number of ether oxygens (including phenoxy) is 1. The van der Waals surface area contributed by atoms with E-state index < -0.39 is 40.7 Å². The molecule has 0 radical (unpaired) electrons. The van der Waals surface area contributed by atoms with Crippen LogP contribution < -0.4 is 11.5 Å². The topological polar surface area (TPSA) is 98.7 Å². The first-order valence-electron chi connectivity index (χ1n) is 5.84. The SMILES string of the molecule is NC(=O)C1COCCN1C(=O)c1cc(F)cc(N)c1F. The molecule has 4 N–H and O–H groups in total. The molecule has 2 rings (SSSR count). The lowest BCUT2D eigenvalue weighted by Gasteiger charge is -2.33. The number of hydrogen-bond acceptors (Lipinski definition) is 4. The minimum atomic E-state index is -1.02. The van der Waals surface area contributed by atoms with E-state index in [1.165, 1.54) is 0 Å². The molecule has 1 aromatic rings. The molecule has 0 aliphatic carbocycles. The highest BCUT2D eigenvalue weighted by Crippen LogP contribution is 2.21. The van der Waals surface area contributed by atoms with E-state index in [2.05, 4.69) is 0 Å². The van der Waals surface area contributed by atoms with E-state index in [1.807, 2.05) is 0 Å². The zero-order chi connectivity index (χ0) is 14.9. The van der Waals surface area contributed by atoms with Crippen LogP contribution in [0.2, 0.25) is 0 Å². The third-order valence-corrected chi connectivity index (χ3v) is 3.01. The molecule has 1 heterocycles. The summed E-state index contributed by atoms with van der Waals surface area (Å²) < 4.78 is 32.1. The number of benzene rings is 1. The molecular weight excluding hydrogens is 272 g/mol. The highest BCUT2D eigenvalue weighted by molar-refractivity contribution is 5.98. The van der Waals surface area contributed by atoms with Gasteiger partial charge in [0.2, 0.25) is 5.91 Å². The van der Waals surface area contributed by atoms with Gasteiger partial charge in [-0.1, -0.05) is 0 Å². The number of nitrogens with zero attached hydrogens (tertiary/aromatic N) is 1. The van der Waals surface area contributed by atoms with Gasteiger partial charge in [0.15, 0.2) is 5.82 Å². The van der Waals surface area contributed by atoms with Crippen molar-refractivity contribution in [2.45, 2.75) is 6.04 Å². The van der Waals surface area contributed by atoms with Crippen LogP contribution in [0, 0.1) is 11.6 Å². The summed E-state index contributed by atoms with van der Waals surface area (Å²) in [6.45, 7) is 0.164. The van der Waals surface area contributed by atoms with Crippen molar-refractivity contribution in [3.63, 3.8) is 0 Å². The minimum absolute atomic E-state index is 0.0578. The third kappa shape index (κ3) is 2.55. The average Bonchev–Trinajstić information content (AvgIpc) is 2.42. The molecule has 1 atom stereocenters. The van der Waals surface area contributed by atoms with Crippen molar-refractivity contribution >= 4 is 17.5 Å². The fourth-order valence-corrected chi connectivity index (χ4v) is 2.00. The van der Waals surface area contributed by atoms with Crippen LogP contribution in [0.1, 0.15) is 10.4 Å². The molecule has 108 valence electrons. The fraction of sp³-hybridized carbons (Fsp3) is 0.333. The number of amides is 2. The van der Waals surface area contributed by atoms with Crippen LogP contribution in [0.5, 0.6) is 0 Å². The monoisotopic (exact) mass is 285 g/mol. The molecule has 0 spiro atoms. The Kier molecular flexibility index (Phi) is 3.84. The molecule has 1 fully saturated rings. The van der Waals surface area contributed by atoms with Crippen molar-refractivity contribution in [3.05, 3.63) is 29.3 Å². The lowest BCUT2D eigenvalue weighted by atomic mass is 10.1. The van der Waals surface area contributed by atoms with Gasteiger partial charge in [-0.15, -0.1) is 0 Å². The highest BCUT2D eigenvalue weighted by Gasteiger charge is 2.33. The Morgan fingerprint density at radius 1 is 1.35 bits per heavy atom. The maximum Gasteiger partial charge on any atom is 0.257 e. The summed E-state index contributed by atoms with van der Waals surface area (Å²) in [4.78, 5) is 24.6. The summed E-state index contributed by atoms with van der Waals surface area (Å²) >= 11 is 0. The van der Waals surface area contributed by atoms with Gasteiger partial charge < -0.3 is 21.1 Å². The first-order valence-corrected chi connectivity index (χ1v) is 5.84. The number of nitrogen functional groups attached to an aromatic ring is 1. The van der Waals surface area contributed by atoms with E-state index >= 15 is 0 Å². The van der Waals surface area contributed by atoms with Gasteiger partial charge >= 0.3 is 0 Å². The zero-order valence-electron chi connectivity index (χ0n) is 10.4. The summed E-state index contributed by atoms with van der Waals surface area (Å²) in [5.41, 5.74) is 9.44. The van der Waals surface area contributed by atoms with Crippen molar-refractivity contribution in [2.24, 2.45) is 5.73 Å². The van der Waals surface area contributed by atoms with Crippen molar-refractivity contribution in [1.82, 2.24) is 4.90 Å². The van der Waals surface area contributed by atoms with E-state index in [0.717, 1.165) is 17.0 Å². The molecule has 1 aromatic carbocycles. The normalized spacial score (nSPS) is 18.9. The van der Waals surface area contributed by atoms with Crippen LogP contribution in [0.3, 0.4) is 0 Å². The molecular formula is C12H13F2N3O3. The first kappa shape index (κ1) is 14.2. The molecule has 1 unspecified atom stereocenters. The number of anilines is 1. The summed E-state index contributed by atoms with van der Waals surface area (Å²) in [7, 11) is 0. The van der Waals surface area contributed by atoms with Crippen LogP contribution in [-0.2, 0) is 9.53 Å². The van der Waals surface area contributed by atoms with Crippen molar-refractivity contribution in [1.29, 1.82) is 0 Å². The molecule has 6 nitrogen and oxygen atoms in total. The number of primary amides is 1. The van der Waals surface area contributed by atoms with Gasteiger partial charge in [-0.2, -0.15) is 0 Å². The van der Waals surface area contributed by atoms with E-state index in [-0.39, 0.29) is 19.8 Å². The number of halogens is 2. The summed E-state index contributed by atoms with van der Waals surface area (Å²) in [5, 5.41) is 0. The van der Waals surface area contributed by atoms with Crippen LogP contribution in [0.15, 0.2) is 12.1 Å². The lowest BCUT2D eigenvalue weighted by Crippen LogP contribution is -2.54. The van der Waals surface area contributed by atoms with Crippen molar-refractivity contribution < 1.29 is 23.1 Å². The number of nitrogens with two attached hydrogens (primary N) is 2. The predicted molar refractivity (Wildman–Crippen MR) is 65.6 cm³/mol. The van der Waals surface area contributed by atoms with E-state index in [9.17, 15) is 18.4 Å². The first-order chi connectivity index (χ1) is 9.41. The van der Waals surface area contributed by atoms with Gasteiger partial charge in [-0.25, -0.2) is 8.78 Å². The van der Waals surface area contributed by atoms with Crippen LogP contribution >= 0.6 is 0 Å². The molecule has 0 saturated carbocycles. The number of hydrogen-bond donors (Lipinski definition) is 2. The molecule has 0 bridgehead atoms. The number of morpholine rings is 1. The Hall–Kier alpha value is -2.22. The largest absolute Gasteiger partial charge is 0.396 e. The smallest absolute Gasteiger partial charge is 0.257 e. The second-order valence-electron chi connectivity index (χ2n) is 4.35. The minimum Gasteiger partial charge on any atom is -0.396 e. The molecule has 0 aromatic heterocycles. The Bertz CT molecular complexity index is 565. The Labute approximate surface area is 113 Å². The van der Waals surface area contributed by atoms with Crippen LogP contribution in [-0.4, -0.2) is 42.5 Å². The maximum absolute atomic E-state index is 13.8. The molecule has 8 heteroatoms. The predicted octanol–water partition coefficient (Wildman–Crippen LogP) is -0.127. The number of carbonyl (C=O) groups excluding carboxylic acids is 2. The van der Waals surface area contributed by atoms with E-state index in [4.69, 9.17) is 16.2 Å². The van der Waals surface area contributed by atoms with Gasteiger partial charge in [-0.05, 0) is 12.1 Å². The van der Waals surface area contributed by atoms with Gasteiger partial charge in [0.25, 0.3) is 5.91 Å². The quantitative estimate of drug-likeness (QED) is 0.740. The van der Waals surface area contributed by atoms with Gasteiger partial charge in [0.1, 0.15) is 11.9 Å². The van der Waals surface area contributed by atoms with E-state index in [0.29, 0.717) is 0 Å². The molecule has 1 aliphatic heterocycles. The zero-order valence-corrected chi connectivity index (χ0v) is 10.4. The Morgan fingerprint density at radius 2 is 2.05 bits per heavy atom. The van der Waals surface area contributed by atoms with Crippen LogP contribution in [0.4, 0.5) is 14.5 Å². The van der Waals surface area contributed by atoms with Crippen molar-refractivity contribution in [3.8, 4) is 0 Å². The standard InChI is InChI=1S/C12H13F2N3O3/c13-6-3-7(10(14)8(15)4-6)12(19)17-1-2-20-5-9(17)11(16)18/h3-4,9H,1-2,5,15H2,(H2,16,18). The molecule has 20 heavy (non-hydrogen) atoms. The fourth-order valence-electron chi connectivity index (χ4n) is 2.00. The Morgan fingerprint density at radius 3 is 2.70 bits per heavy atom. The number of rotatable bonds is 2. The summed E-state index contributed by atoms with van der Waals surface area (Å²) in [6, 6.07) is 0.499. The van der Waals surface area contributed by atoms with Gasteiger partial charge in [-0.3, -0.25) is 9.59 Å². The molecule has 2 amide bonds. The third-order valence-electron chi connectivity index (χ3n) is 3.01. The molecule has 1 saturated heterocycles. The summed E-state index contributed by atoms with van der Waals surface area (Å²) in [5.74, 6) is -3.48. The second-order valence-corrected chi connectivity index (χ2v) is 4.35. The molecule has 1 aliphatic rings.